The third kappa shape index (κ3) is 4.92. The van der Waals surface area contributed by atoms with E-state index in [1.54, 1.807) is 4.90 Å². The zero-order valence-electron chi connectivity index (χ0n) is 19.7. The molecule has 2 fully saturated rings. The summed E-state index contributed by atoms with van der Waals surface area (Å²) < 4.78 is 0. The van der Waals surface area contributed by atoms with Crippen molar-refractivity contribution in [3.63, 3.8) is 0 Å². The van der Waals surface area contributed by atoms with Crippen LogP contribution in [0.2, 0.25) is 0 Å². The van der Waals surface area contributed by atoms with E-state index in [4.69, 9.17) is 0 Å². The van der Waals surface area contributed by atoms with Gasteiger partial charge in [-0.15, -0.1) is 0 Å². The monoisotopic (exact) mass is 459 g/mol. The van der Waals surface area contributed by atoms with Crippen LogP contribution >= 0.6 is 0 Å². The number of nitrogens with zero attached hydrogens (tertiary/aromatic N) is 2. The van der Waals surface area contributed by atoms with Crippen LogP contribution in [-0.2, 0) is 29.1 Å². The molecule has 34 heavy (non-hydrogen) atoms. The molecule has 178 valence electrons. The van der Waals surface area contributed by atoms with Crippen LogP contribution in [0, 0.1) is 0 Å². The molecule has 2 aromatic rings. The van der Waals surface area contributed by atoms with Crippen LogP contribution < -0.4 is 5.32 Å². The number of benzene rings is 2. The number of fused-ring (bicyclic) bond motifs is 1. The van der Waals surface area contributed by atoms with Gasteiger partial charge in [-0.1, -0.05) is 48.9 Å². The van der Waals surface area contributed by atoms with Gasteiger partial charge in [0.2, 0.25) is 11.8 Å². The second-order valence-corrected chi connectivity index (χ2v) is 9.89. The third-order valence-electron chi connectivity index (χ3n) is 7.57. The predicted octanol–water partition coefficient (Wildman–Crippen LogP) is 3.83. The minimum Gasteiger partial charge on any atom is -0.322 e. The number of imide groups is 1. The predicted molar refractivity (Wildman–Crippen MR) is 130 cm³/mol. The maximum atomic E-state index is 12.9. The first kappa shape index (κ1) is 22.8. The number of rotatable bonds is 7. The van der Waals surface area contributed by atoms with E-state index in [-0.39, 0.29) is 24.1 Å². The summed E-state index contributed by atoms with van der Waals surface area (Å²) in [5, 5.41) is 2.37. The van der Waals surface area contributed by atoms with Crippen LogP contribution in [0.3, 0.4) is 0 Å². The average Bonchev–Trinajstić information content (AvgIpc) is 3.16. The van der Waals surface area contributed by atoms with Crippen LogP contribution in [0.5, 0.6) is 0 Å². The summed E-state index contributed by atoms with van der Waals surface area (Å²) in [6.45, 7) is 2.65. The summed E-state index contributed by atoms with van der Waals surface area (Å²) in [6.07, 6.45) is 7.86. The lowest BCUT2D eigenvalue weighted by Crippen LogP contribution is -2.52. The third-order valence-corrected chi connectivity index (χ3v) is 7.57. The molecule has 1 N–H and O–H groups in total. The summed E-state index contributed by atoms with van der Waals surface area (Å²) in [5.74, 6) is -0.715. The first-order chi connectivity index (χ1) is 16.6. The van der Waals surface area contributed by atoms with Crippen LogP contribution in [0.4, 0.5) is 0 Å². The van der Waals surface area contributed by atoms with Gasteiger partial charge in [-0.2, -0.15) is 0 Å². The lowest BCUT2D eigenvalue weighted by atomic mass is 9.94. The van der Waals surface area contributed by atoms with Gasteiger partial charge in [0, 0.05) is 31.1 Å². The molecule has 0 bridgehead atoms. The second kappa shape index (κ2) is 10.1. The SMILES string of the molecule is O=C1CCC(N2Cc3cc(CCC[C@H]4CCCCN4Cc4ccccc4)ccc3C2=O)C(=O)N1. The van der Waals surface area contributed by atoms with E-state index in [2.05, 4.69) is 52.7 Å². The maximum Gasteiger partial charge on any atom is 0.255 e. The van der Waals surface area contributed by atoms with Gasteiger partial charge in [-0.25, -0.2) is 0 Å². The molecule has 1 unspecified atom stereocenters. The van der Waals surface area contributed by atoms with Crippen molar-refractivity contribution in [2.75, 3.05) is 6.54 Å². The molecule has 3 amide bonds. The first-order valence-electron chi connectivity index (χ1n) is 12.6. The minimum absolute atomic E-state index is 0.102. The Hall–Kier alpha value is -2.99. The molecule has 3 aliphatic heterocycles. The summed E-state index contributed by atoms with van der Waals surface area (Å²) in [5.41, 5.74) is 4.32. The van der Waals surface area contributed by atoms with Gasteiger partial charge in [0.25, 0.3) is 5.91 Å². The largest absolute Gasteiger partial charge is 0.322 e. The Morgan fingerprint density at radius 1 is 0.941 bits per heavy atom. The number of nitrogens with one attached hydrogen (secondary N) is 1. The summed E-state index contributed by atoms with van der Waals surface area (Å²) >= 11 is 0. The highest BCUT2D eigenvalue weighted by Gasteiger charge is 2.39. The van der Waals surface area contributed by atoms with Gasteiger partial charge < -0.3 is 4.90 Å². The van der Waals surface area contributed by atoms with Crippen molar-refractivity contribution in [3.05, 3.63) is 70.8 Å². The van der Waals surface area contributed by atoms with Crippen molar-refractivity contribution in [2.24, 2.45) is 0 Å². The topological polar surface area (TPSA) is 69.7 Å². The number of likely N-dealkylation sites (tertiary alicyclic amines) is 1. The number of carbonyl (C=O) groups excluding carboxylic acids is 3. The number of amides is 3. The second-order valence-electron chi connectivity index (χ2n) is 9.89. The fourth-order valence-electron chi connectivity index (χ4n) is 5.74. The molecule has 0 saturated carbocycles. The lowest BCUT2D eigenvalue weighted by molar-refractivity contribution is -0.136. The van der Waals surface area contributed by atoms with E-state index in [0.717, 1.165) is 24.9 Å². The summed E-state index contributed by atoms with van der Waals surface area (Å²) in [4.78, 5) is 40.9. The van der Waals surface area contributed by atoms with Crippen LogP contribution in [-0.4, -0.2) is 46.1 Å². The highest BCUT2D eigenvalue weighted by Crippen LogP contribution is 2.29. The highest BCUT2D eigenvalue weighted by atomic mass is 16.2. The Kier molecular flexibility index (Phi) is 6.77. The molecule has 5 rings (SSSR count). The van der Waals surface area contributed by atoms with Gasteiger partial charge in [0.15, 0.2) is 0 Å². The van der Waals surface area contributed by atoms with E-state index < -0.39 is 6.04 Å². The molecule has 2 aromatic carbocycles. The van der Waals surface area contributed by atoms with Crippen molar-refractivity contribution in [3.8, 4) is 0 Å². The fraction of sp³-hybridized carbons (Fsp3) is 0.464. The molecular formula is C28H33N3O3. The van der Waals surface area contributed by atoms with E-state index in [1.807, 2.05) is 6.07 Å². The van der Waals surface area contributed by atoms with Gasteiger partial charge in [0.1, 0.15) is 6.04 Å². The maximum absolute atomic E-state index is 12.9. The van der Waals surface area contributed by atoms with Crippen LogP contribution in [0.15, 0.2) is 48.5 Å². The zero-order valence-corrected chi connectivity index (χ0v) is 19.7. The number of aryl methyl sites for hydroxylation is 1. The first-order valence-corrected chi connectivity index (χ1v) is 12.6. The standard InChI is InChI=1S/C28H33N3O3/c32-26-15-14-25(27(33)29-26)31-19-22-17-20(12-13-24(22)28(31)34)9-6-11-23-10-4-5-16-30(23)18-21-7-2-1-3-8-21/h1-3,7-8,12-13,17,23,25H,4-6,9-11,14-16,18-19H2,(H,29,32,33)/t23-,25?/m1/s1. The quantitative estimate of drug-likeness (QED) is 0.639. The molecule has 0 aliphatic carbocycles. The van der Waals surface area contributed by atoms with Crippen LogP contribution in [0.1, 0.15) is 72.0 Å². The Bertz CT molecular complexity index is 1070. The lowest BCUT2D eigenvalue weighted by Gasteiger charge is -2.36. The fourth-order valence-corrected chi connectivity index (χ4v) is 5.74. The molecule has 2 saturated heterocycles. The smallest absolute Gasteiger partial charge is 0.255 e. The van der Waals surface area contributed by atoms with Gasteiger partial charge in [-0.3, -0.25) is 24.6 Å². The number of hydrogen-bond acceptors (Lipinski definition) is 4. The normalized spacial score (nSPS) is 23.2. The van der Waals surface area contributed by atoms with Gasteiger partial charge in [-0.05, 0) is 67.8 Å². The Morgan fingerprint density at radius 3 is 2.62 bits per heavy atom. The zero-order chi connectivity index (χ0) is 23.5. The van der Waals surface area contributed by atoms with Crippen molar-refractivity contribution in [2.45, 2.75) is 76.5 Å². The van der Waals surface area contributed by atoms with E-state index in [0.29, 0.717) is 24.6 Å². The van der Waals surface area contributed by atoms with E-state index >= 15 is 0 Å². The number of hydrogen-bond donors (Lipinski definition) is 1. The Labute approximate surface area is 201 Å². The number of carbonyl (C=O) groups is 3. The van der Waals surface area contributed by atoms with Crippen molar-refractivity contribution in [1.29, 1.82) is 0 Å². The van der Waals surface area contributed by atoms with Gasteiger partial charge >= 0.3 is 0 Å². The average molecular weight is 460 g/mol. The molecule has 3 heterocycles. The molecule has 0 aromatic heterocycles. The molecule has 6 nitrogen and oxygen atoms in total. The van der Waals surface area contributed by atoms with Crippen molar-refractivity contribution >= 4 is 17.7 Å². The highest BCUT2D eigenvalue weighted by molar-refractivity contribution is 6.05. The van der Waals surface area contributed by atoms with E-state index in [1.165, 1.54) is 43.4 Å². The van der Waals surface area contributed by atoms with Gasteiger partial charge in [0.05, 0.1) is 0 Å². The summed E-state index contributed by atoms with van der Waals surface area (Å²) in [7, 11) is 0. The van der Waals surface area contributed by atoms with Crippen molar-refractivity contribution < 1.29 is 14.4 Å². The minimum atomic E-state index is -0.553. The molecular weight excluding hydrogens is 426 g/mol. The van der Waals surface area contributed by atoms with Crippen molar-refractivity contribution in [1.82, 2.24) is 15.1 Å². The summed E-state index contributed by atoms with van der Waals surface area (Å²) in [6, 6.07) is 16.9. The molecule has 0 radical (unpaired) electrons. The molecule has 2 atom stereocenters. The van der Waals surface area contributed by atoms with Crippen LogP contribution in [0.25, 0.3) is 0 Å². The molecule has 6 heteroatoms. The molecule has 3 aliphatic rings. The Balaban J connectivity index is 1.17. The number of piperidine rings is 2. The molecule has 0 spiro atoms. The van der Waals surface area contributed by atoms with E-state index in [9.17, 15) is 14.4 Å². The Morgan fingerprint density at radius 2 is 1.79 bits per heavy atom.